The van der Waals surface area contributed by atoms with Gasteiger partial charge in [-0.3, -0.25) is 4.79 Å². The number of esters is 1. The molecule has 1 N–H and O–H groups in total. The molecule has 7 heteroatoms. The summed E-state index contributed by atoms with van der Waals surface area (Å²) in [5.41, 5.74) is 2.87. The molecule has 140 valence electrons. The van der Waals surface area contributed by atoms with Crippen molar-refractivity contribution in [3.63, 3.8) is 0 Å². The second-order valence-corrected chi connectivity index (χ2v) is 7.70. The Bertz CT molecular complexity index is 912. The second kappa shape index (κ2) is 8.23. The minimum absolute atomic E-state index is 0.387. The molecule has 1 aromatic carbocycles. The Morgan fingerprint density at radius 2 is 2.07 bits per heavy atom. The molecule has 1 heterocycles. The lowest BCUT2D eigenvalue weighted by Crippen LogP contribution is -2.21. The number of hydrogen-bond acceptors (Lipinski definition) is 6. The van der Waals surface area contributed by atoms with Gasteiger partial charge in [0.25, 0.3) is 5.91 Å². The molecule has 0 bridgehead atoms. The molecular weight excluding hydrogens is 362 g/mol. The molecule has 0 radical (unpaired) electrons. The third-order valence-electron chi connectivity index (χ3n) is 4.47. The zero-order valence-corrected chi connectivity index (χ0v) is 16.2. The van der Waals surface area contributed by atoms with Crippen molar-refractivity contribution in [3.8, 4) is 6.07 Å². The third-order valence-corrected chi connectivity index (χ3v) is 5.68. The number of aryl methyl sites for hydroxylation is 1. The maximum Gasteiger partial charge on any atom is 0.338 e. The smallest absolute Gasteiger partial charge is 0.338 e. The average molecular weight is 383 g/mol. The molecule has 0 unspecified atom stereocenters. The molecule has 27 heavy (non-hydrogen) atoms. The van der Waals surface area contributed by atoms with E-state index in [-0.39, 0.29) is 0 Å². The lowest BCUT2D eigenvalue weighted by Gasteiger charge is -2.13. The summed E-state index contributed by atoms with van der Waals surface area (Å²) in [6.45, 7) is -0.390. The molecule has 0 saturated carbocycles. The van der Waals surface area contributed by atoms with Gasteiger partial charge in [0, 0.05) is 24.7 Å². The van der Waals surface area contributed by atoms with Crippen LogP contribution < -0.4 is 10.2 Å². The van der Waals surface area contributed by atoms with Gasteiger partial charge in [0.05, 0.1) is 11.1 Å². The quantitative estimate of drug-likeness (QED) is 0.801. The molecule has 0 aliphatic heterocycles. The van der Waals surface area contributed by atoms with E-state index >= 15 is 0 Å². The van der Waals surface area contributed by atoms with E-state index in [1.54, 1.807) is 18.2 Å². The molecule has 6 nitrogen and oxygen atoms in total. The van der Waals surface area contributed by atoms with Gasteiger partial charge < -0.3 is 15.0 Å². The predicted molar refractivity (Wildman–Crippen MR) is 105 cm³/mol. The van der Waals surface area contributed by atoms with Crippen molar-refractivity contribution in [2.24, 2.45) is 0 Å². The summed E-state index contributed by atoms with van der Waals surface area (Å²) in [4.78, 5) is 27.4. The Hall–Kier alpha value is -2.85. The molecule has 0 atom stereocenters. The molecule has 3 rings (SSSR count). The summed E-state index contributed by atoms with van der Waals surface area (Å²) in [5, 5.41) is 12.7. The number of amides is 1. The minimum atomic E-state index is -0.556. The van der Waals surface area contributed by atoms with E-state index in [0.29, 0.717) is 16.1 Å². The lowest BCUT2D eigenvalue weighted by molar-refractivity contribution is -0.119. The minimum Gasteiger partial charge on any atom is -0.452 e. The Kier molecular flexibility index (Phi) is 5.77. The van der Waals surface area contributed by atoms with Crippen LogP contribution in [0.3, 0.4) is 0 Å². The Morgan fingerprint density at radius 1 is 1.30 bits per heavy atom. The summed E-state index contributed by atoms with van der Waals surface area (Å²) in [6, 6.07) is 9.20. The Labute approximate surface area is 162 Å². The van der Waals surface area contributed by atoms with Crippen LogP contribution in [0.15, 0.2) is 24.3 Å². The summed E-state index contributed by atoms with van der Waals surface area (Å²) >= 11 is 1.45. The van der Waals surface area contributed by atoms with E-state index in [0.717, 1.165) is 36.9 Å². The van der Waals surface area contributed by atoms with E-state index < -0.39 is 18.5 Å². The van der Waals surface area contributed by atoms with Crippen molar-refractivity contribution in [2.45, 2.75) is 25.7 Å². The van der Waals surface area contributed by atoms with Gasteiger partial charge >= 0.3 is 5.97 Å². The van der Waals surface area contributed by atoms with Crippen molar-refractivity contribution >= 4 is 33.9 Å². The first-order valence-corrected chi connectivity index (χ1v) is 9.60. The largest absolute Gasteiger partial charge is 0.452 e. The van der Waals surface area contributed by atoms with Crippen LogP contribution in [0, 0.1) is 11.3 Å². The fraction of sp³-hybridized carbons (Fsp3) is 0.350. The number of carbonyl (C=O) groups excluding carboxylic acids is 2. The number of anilines is 2. The highest BCUT2D eigenvalue weighted by Gasteiger charge is 2.22. The maximum atomic E-state index is 12.2. The summed E-state index contributed by atoms with van der Waals surface area (Å²) < 4.78 is 5.12. The van der Waals surface area contributed by atoms with Crippen LogP contribution in [0.2, 0.25) is 0 Å². The van der Waals surface area contributed by atoms with E-state index in [9.17, 15) is 14.9 Å². The number of ether oxygens (including phenoxy) is 1. The second-order valence-electron chi connectivity index (χ2n) is 6.60. The van der Waals surface area contributed by atoms with Gasteiger partial charge in [-0.25, -0.2) is 4.79 Å². The Balaban J connectivity index is 1.62. The van der Waals surface area contributed by atoms with Crippen molar-refractivity contribution in [2.75, 3.05) is 30.9 Å². The van der Waals surface area contributed by atoms with Crippen molar-refractivity contribution < 1.29 is 14.3 Å². The zero-order chi connectivity index (χ0) is 19.4. The summed E-state index contributed by atoms with van der Waals surface area (Å²) in [7, 11) is 3.76. The van der Waals surface area contributed by atoms with Gasteiger partial charge in [-0.2, -0.15) is 5.26 Å². The molecule has 1 aromatic heterocycles. The van der Waals surface area contributed by atoms with E-state index in [4.69, 9.17) is 4.74 Å². The Morgan fingerprint density at radius 3 is 2.81 bits per heavy atom. The highest BCUT2D eigenvalue weighted by atomic mass is 32.1. The number of rotatable bonds is 5. The predicted octanol–water partition coefficient (Wildman–Crippen LogP) is 3.36. The van der Waals surface area contributed by atoms with Crippen LogP contribution in [0.4, 0.5) is 10.7 Å². The third kappa shape index (κ3) is 4.29. The fourth-order valence-corrected chi connectivity index (χ4v) is 4.32. The SMILES string of the molecule is CN(C)c1cccc(C(=O)OCC(=O)Nc2sc3c(c2C#N)CCCC3)c1. The topological polar surface area (TPSA) is 82.4 Å². The average Bonchev–Trinajstić information content (AvgIpc) is 3.02. The van der Waals surface area contributed by atoms with Crippen LogP contribution in [-0.2, 0) is 22.4 Å². The standard InChI is InChI=1S/C20H21N3O3S/c1-23(2)14-7-5-6-13(10-14)20(25)26-12-18(24)22-19-16(11-21)15-8-3-4-9-17(15)27-19/h5-7,10H,3-4,8-9,12H2,1-2H3,(H,22,24). The number of nitriles is 1. The number of nitrogens with zero attached hydrogens (tertiary/aromatic N) is 2. The monoisotopic (exact) mass is 383 g/mol. The molecule has 1 amide bonds. The van der Waals surface area contributed by atoms with Gasteiger partial charge in [-0.15, -0.1) is 11.3 Å². The normalized spacial score (nSPS) is 12.6. The molecule has 2 aromatic rings. The molecule has 1 aliphatic carbocycles. The fourth-order valence-electron chi connectivity index (χ4n) is 3.06. The molecule has 0 spiro atoms. The number of carbonyl (C=O) groups is 2. The molecule has 0 saturated heterocycles. The first-order chi connectivity index (χ1) is 13.0. The van der Waals surface area contributed by atoms with Crippen molar-refractivity contribution in [3.05, 3.63) is 45.8 Å². The van der Waals surface area contributed by atoms with Crippen LogP contribution >= 0.6 is 11.3 Å². The van der Waals surface area contributed by atoms with E-state index in [1.807, 2.05) is 25.1 Å². The van der Waals surface area contributed by atoms with Gasteiger partial charge in [0.1, 0.15) is 11.1 Å². The highest BCUT2D eigenvalue weighted by molar-refractivity contribution is 7.16. The van der Waals surface area contributed by atoms with E-state index in [2.05, 4.69) is 11.4 Å². The van der Waals surface area contributed by atoms with E-state index in [1.165, 1.54) is 16.2 Å². The number of nitrogens with one attached hydrogen (secondary N) is 1. The molecular formula is C20H21N3O3S. The lowest BCUT2D eigenvalue weighted by atomic mass is 9.96. The molecule has 0 fully saturated rings. The van der Waals surface area contributed by atoms with Gasteiger partial charge in [-0.1, -0.05) is 6.07 Å². The van der Waals surface area contributed by atoms with Gasteiger partial charge in [-0.05, 0) is 49.4 Å². The van der Waals surface area contributed by atoms with Crippen molar-refractivity contribution in [1.29, 1.82) is 5.26 Å². The van der Waals surface area contributed by atoms with Crippen LogP contribution in [-0.4, -0.2) is 32.6 Å². The maximum absolute atomic E-state index is 12.2. The van der Waals surface area contributed by atoms with Gasteiger partial charge in [0.15, 0.2) is 6.61 Å². The number of thiophene rings is 1. The van der Waals surface area contributed by atoms with Crippen molar-refractivity contribution in [1.82, 2.24) is 0 Å². The number of hydrogen-bond donors (Lipinski definition) is 1. The first-order valence-electron chi connectivity index (χ1n) is 8.78. The van der Waals surface area contributed by atoms with Gasteiger partial charge in [0.2, 0.25) is 0 Å². The molecule has 1 aliphatic rings. The van der Waals surface area contributed by atoms with Crippen LogP contribution in [0.25, 0.3) is 0 Å². The van der Waals surface area contributed by atoms with Crippen LogP contribution in [0.5, 0.6) is 0 Å². The first kappa shape index (κ1) is 18.9. The van der Waals surface area contributed by atoms with Crippen LogP contribution in [0.1, 0.15) is 39.2 Å². The number of benzene rings is 1. The zero-order valence-electron chi connectivity index (χ0n) is 15.4. The summed E-state index contributed by atoms with van der Waals surface area (Å²) in [6.07, 6.45) is 3.99. The highest BCUT2D eigenvalue weighted by Crippen LogP contribution is 2.37. The summed E-state index contributed by atoms with van der Waals surface area (Å²) in [5.74, 6) is -0.998. The number of fused-ring (bicyclic) bond motifs is 1.